The predicted octanol–water partition coefficient (Wildman–Crippen LogP) is 4.08. The van der Waals surface area contributed by atoms with Crippen LogP contribution < -0.4 is 5.32 Å². The molecule has 0 saturated carbocycles. The first-order valence-corrected chi connectivity index (χ1v) is 9.54. The number of rotatable bonds is 5. The Morgan fingerprint density at radius 3 is 2.48 bits per heavy atom. The second-order valence-corrected chi connectivity index (χ2v) is 7.15. The second-order valence-electron chi connectivity index (χ2n) is 7.15. The van der Waals surface area contributed by atoms with E-state index in [1.54, 1.807) is 31.2 Å². The van der Waals surface area contributed by atoms with Crippen LogP contribution in [0.2, 0.25) is 0 Å². The van der Waals surface area contributed by atoms with Crippen molar-refractivity contribution in [1.29, 1.82) is 0 Å². The van der Waals surface area contributed by atoms with Gasteiger partial charge in [-0.1, -0.05) is 25.1 Å². The van der Waals surface area contributed by atoms with Crippen LogP contribution >= 0.6 is 12.4 Å². The van der Waals surface area contributed by atoms with E-state index in [1.165, 1.54) is 4.90 Å². The van der Waals surface area contributed by atoms with Gasteiger partial charge < -0.3 is 10.2 Å². The molecule has 1 aromatic heterocycles. The van der Waals surface area contributed by atoms with E-state index in [2.05, 4.69) is 10.4 Å². The summed E-state index contributed by atoms with van der Waals surface area (Å²) in [4.78, 5) is 14.4. The van der Waals surface area contributed by atoms with Gasteiger partial charge in [0.2, 0.25) is 0 Å². The number of para-hydroxylation sites is 1. The van der Waals surface area contributed by atoms with Gasteiger partial charge in [-0.2, -0.15) is 18.3 Å². The van der Waals surface area contributed by atoms with E-state index in [4.69, 9.17) is 0 Å². The van der Waals surface area contributed by atoms with Crippen molar-refractivity contribution in [3.05, 3.63) is 47.3 Å². The lowest BCUT2D eigenvalue weighted by molar-refractivity contribution is -0.143. The second kappa shape index (κ2) is 9.63. The highest BCUT2D eigenvalue weighted by Gasteiger charge is 2.42. The first-order chi connectivity index (χ1) is 13.3. The molecule has 2 aromatic rings. The van der Waals surface area contributed by atoms with Crippen molar-refractivity contribution in [1.82, 2.24) is 20.0 Å². The average molecular weight is 431 g/mol. The molecule has 1 saturated heterocycles. The Balaban J connectivity index is 0.00000300. The molecule has 0 atom stereocenters. The van der Waals surface area contributed by atoms with E-state index in [0.717, 1.165) is 36.8 Å². The third kappa shape index (κ3) is 5.11. The number of nitrogens with one attached hydrogen (secondary N) is 1. The number of benzene rings is 1. The monoisotopic (exact) mass is 430 g/mol. The molecule has 0 spiro atoms. The lowest BCUT2D eigenvalue weighted by Gasteiger charge is -2.32. The Labute approximate surface area is 174 Å². The summed E-state index contributed by atoms with van der Waals surface area (Å²) in [6, 6.07) is 6.69. The molecule has 29 heavy (non-hydrogen) atoms. The van der Waals surface area contributed by atoms with Crippen LogP contribution in [-0.4, -0.2) is 46.8 Å². The third-order valence-corrected chi connectivity index (χ3v) is 5.20. The topological polar surface area (TPSA) is 50.2 Å². The van der Waals surface area contributed by atoms with Crippen LogP contribution in [-0.2, 0) is 6.18 Å². The standard InChI is InChI=1S/C20H25F3N4O.ClH/c1-3-24-12-15-8-10-26(11-9-15)19(28)16-13-25-27(18(16)20(21,22)23)17-7-5-4-6-14(17)2;/h4-7,13,15,24H,3,8-12H2,1-2H3;1H. The highest BCUT2D eigenvalue weighted by molar-refractivity contribution is 5.95. The van der Waals surface area contributed by atoms with Gasteiger partial charge in [0.15, 0.2) is 5.69 Å². The summed E-state index contributed by atoms with van der Waals surface area (Å²) >= 11 is 0. The van der Waals surface area contributed by atoms with Crippen molar-refractivity contribution in [2.75, 3.05) is 26.2 Å². The number of likely N-dealkylation sites (tertiary alicyclic amines) is 1. The quantitative estimate of drug-likeness (QED) is 0.777. The Morgan fingerprint density at radius 2 is 1.90 bits per heavy atom. The maximum atomic E-state index is 13.8. The molecule has 0 aliphatic carbocycles. The summed E-state index contributed by atoms with van der Waals surface area (Å²) in [6.07, 6.45) is -2.08. The molecule has 1 aliphatic rings. The number of piperidine rings is 1. The fourth-order valence-electron chi connectivity index (χ4n) is 3.62. The van der Waals surface area contributed by atoms with Crippen molar-refractivity contribution in [3.63, 3.8) is 0 Å². The van der Waals surface area contributed by atoms with Gasteiger partial charge in [-0.15, -0.1) is 12.4 Å². The molecule has 0 unspecified atom stereocenters. The average Bonchev–Trinajstić information content (AvgIpc) is 3.12. The molecule has 1 fully saturated rings. The Kier molecular flexibility index (Phi) is 7.71. The smallest absolute Gasteiger partial charge is 0.339 e. The number of carbonyl (C=O) groups excluding carboxylic acids is 1. The first-order valence-electron chi connectivity index (χ1n) is 9.54. The molecule has 1 N–H and O–H groups in total. The first kappa shape index (κ1) is 23.2. The van der Waals surface area contributed by atoms with Crippen molar-refractivity contribution in [2.24, 2.45) is 5.92 Å². The normalized spacial score (nSPS) is 15.3. The van der Waals surface area contributed by atoms with Gasteiger partial charge in [0.1, 0.15) is 0 Å². The van der Waals surface area contributed by atoms with Crippen LogP contribution in [0, 0.1) is 12.8 Å². The van der Waals surface area contributed by atoms with E-state index >= 15 is 0 Å². The van der Waals surface area contributed by atoms with Gasteiger partial charge in [-0.05, 0) is 50.4 Å². The number of aryl methyl sites for hydroxylation is 1. The molecule has 1 aliphatic heterocycles. The molecule has 160 valence electrons. The summed E-state index contributed by atoms with van der Waals surface area (Å²) in [6.45, 7) is 6.42. The third-order valence-electron chi connectivity index (χ3n) is 5.20. The van der Waals surface area contributed by atoms with E-state index in [9.17, 15) is 18.0 Å². The minimum absolute atomic E-state index is 0. The molecular weight excluding hydrogens is 405 g/mol. The van der Waals surface area contributed by atoms with E-state index in [-0.39, 0.29) is 18.0 Å². The zero-order valence-corrected chi connectivity index (χ0v) is 17.3. The van der Waals surface area contributed by atoms with Gasteiger partial charge in [0, 0.05) is 13.1 Å². The van der Waals surface area contributed by atoms with Crippen molar-refractivity contribution in [3.8, 4) is 5.69 Å². The number of nitrogens with zero attached hydrogens (tertiary/aromatic N) is 3. The zero-order valence-electron chi connectivity index (χ0n) is 16.5. The molecule has 1 amide bonds. The molecule has 1 aromatic carbocycles. The maximum absolute atomic E-state index is 13.8. The van der Waals surface area contributed by atoms with E-state index < -0.39 is 17.8 Å². The van der Waals surface area contributed by atoms with E-state index in [0.29, 0.717) is 30.3 Å². The lowest BCUT2D eigenvalue weighted by atomic mass is 9.96. The van der Waals surface area contributed by atoms with Gasteiger partial charge in [-0.25, -0.2) is 4.68 Å². The fourth-order valence-corrected chi connectivity index (χ4v) is 3.62. The number of hydrogen-bond donors (Lipinski definition) is 1. The Bertz CT molecular complexity index is 829. The van der Waals surface area contributed by atoms with Gasteiger partial charge >= 0.3 is 6.18 Å². The maximum Gasteiger partial charge on any atom is 0.434 e. The lowest BCUT2D eigenvalue weighted by Crippen LogP contribution is -2.41. The number of aromatic nitrogens is 2. The van der Waals surface area contributed by atoms with Gasteiger partial charge in [0.05, 0.1) is 17.4 Å². The molecule has 0 bridgehead atoms. The number of alkyl halides is 3. The summed E-state index contributed by atoms with van der Waals surface area (Å²) in [5.74, 6) is -0.158. The summed E-state index contributed by atoms with van der Waals surface area (Å²) in [5.41, 5.74) is -0.431. The largest absolute Gasteiger partial charge is 0.434 e. The van der Waals surface area contributed by atoms with Crippen LogP contribution in [0.5, 0.6) is 0 Å². The number of carbonyl (C=O) groups is 1. The Hall–Kier alpha value is -2.06. The number of halogens is 4. The summed E-state index contributed by atoms with van der Waals surface area (Å²) in [5, 5.41) is 7.21. The van der Waals surface area contributed by atoms with Gasteiger partial charge in [-0.3, -0.25) is 4.79 Å². The molecule has 5 nitrogen and oxygen atoms in total. The minimum atomic E-state index is -4.69. The highest BCUT2D eigenvalue weighted by Crippen LogP contribution is 2.35. The fraction of sp³-hybridized carbons (Fsp3) is 0.500. The zero-order chi connectivity index (χ0) is 20.3. The minimum Gasteiger partial charge on any atom is -0.339 e. The molecule has 2 heterocycles. The van der Waals surface area contributed by atoms with Crippen LogP contribution in [0.15, 0.2) is 30.5 Å². The molecular formula is C20H26ClF3N4O. The summed E-state index contributed by atoms with van der Waals surface area (Å²) < 4.78 is 42.4. The van der Waals surface area contributed by atoms with Crippen LogP contribution in [0.4, 0.5) is 13.2 Å². The van der Waals surface area contributed by atoms with Crippen LogP contribution in [0.1, 0.15) is 41.4 Å². The SMILES string of the molecule is CCNCC1CCN(C(=O)c2cnn(-c3ccccc3C)c2C(F)(F)F)CC1.Cl. The van der Waals surface area contributed by atoms with Crippen LogP contribution in [0.25, 0.3) is 5.69 Å². The van der Waals surface area contributed by atoms with Crippen molar-refractivity contribution < 1.29 is 18.0 Å². The van der Waals surface area contributed by atoms with Crippen molar-refractivity contribution in [2.45, 2.75) is 32.9 Å². The number of hydrogen-bond acceptors (Lipinski definition) is 3. The molecule has 9 heteroatoms. The molecule has 0 radical (unpaired) electrons. The summed E-state index contributed by atoms with van der Waals surface area (Å²) in [7, 11) is 0. The predicted molar refractivity (Wildman–Crippen MR) is 108 cm³/mol. The Morgan fingerprint density at radius 1 is 1.24 bits per heavy atom. The van der Waals surface area contributed by atoms with Gasteiger partial charge in [0.25, 0.3) is 5.91 Å². The van der Waals surface area contributed by atoms with E-state index in [1.807, 2.05) is 6.92 Å². The van der Waals surface area contributed by atoms with Crippen LogP contribution in [0.3, 0.4) is 0 Å². The highest BCUT2D eigenvalue weighted by atomic mass is 35.5. The molecule has 3 rings (SSSR count). The number of amides is 1. The van der Waals surface area contributed by atoms with Crippen molar-refractivity contribution >= 4 is 18.3 Å².